The Morgan fingerprint density at radius 3 is 2.00 bits per heavy atom. The summed E-state index contributed by atoms with van der Waals surface area (Å²) in [7, 11) is 2.67. The summed E-state index contributed by atoms with van der Waals surface area (Å²) in [5.41, 5.74) is 1.48. The van der Waals surface area contributed by atoms with E-state index in [1.54, 1.807) is 26.0 Å². The van der Waals surface area contributed by atoms with Gasteiger partial charge < -0.3 is 51.2 Å². The summed E-state index contributed by atoms with van der Waals surface area (Å²) in [6.45, 7) is 13.6. The van der Waals surface area contributed by atoms with Crippen LogP contribution in [0.3, 0.4) is 0 Å². The summed E-state index contributed by atoms with van der Waals surface area (Å²) < 4.78 is 11.6. The van der Waals surface area contributed by atoms with Gasteiger partial charge >= 0.3 is 0 Å². The third-order valence-corrected chi connectivity index (χ3v) is 11.6. The van der Waals surface area contributed by atoms with Crippen LogP contribution in [-0.2, 0) is 54.3 Å². The fourth-order valence-corrected chi connectivity index (χ4v) is 7.38. The zero-order chi connectivity index (χ0) is 49.5. The summed E-state index contributed by atoms with van der Waals surface area (Å²) >= 11 is 0. The minimum Gasteiger partial charge on any atom is -0.379 e. The van der Waals surface area contributed by atoms with Crippen molar-refractivity contribution in [2.45, 2.75) is 168 Å². The monoisotopic (exact) mass is 929 g/mol. The minimum absolute atomic E-state index is 0.134. The van der Waals surface area contributed by atoms with Crippen LogP contribution in [0.1, 0.15) is 129 Å². The molecule has 8 amide bonds. The van der Waals surface area contributed by atoms with Gasteiger partial charge in [0.05, 0.1) is 25.3 Å². The average Bonchev–Trinajstić information content (AvgIpc) is 3.57. The van der Waals surface area contributed by atoms with Crippen LogP contribution >= 0.6 is 0 Å². The molecule has 66 heavy (non-hydrogen) atoms. The predicted molar refractivity (Wildman–Crippen MR) is 248 cm³/mol. The van der Waals surface area contributed by atoms with Crippen molar-refractivity contribution in [3.63, 3.8) is 0 Å². The van der Waals surface area contributed by atoms with Crippen LogP contribution in [0.5, 0.6) is 0 Å². The van der Waals surface area contributed by atoms with Crippen LogP contribution in [0.2, 0.25) is 0 Å². The van der Waals surface area contributed by atoms with Crippen molar-refractivity contribution < 1.29 is 52.6 Å². The van der Waals surface area contributed by atoms with E-state index >= 15 is 0 Å². The maximum atomic E-state index is 13.8. The highest BCUT2D eigenvalue weighted by molar-refractivity contribution is 6.38. The number of benzene rings is 1. The number of amides is 8. The lowest BCUT2D eigenvalue weighted by molar-refractivity contribution is -0.146. The second kappa shape index (κ2) is 29.3. The van der Waals surface area contributed by atoms with Crippen molar-refractivity contribution in [1.82, 2.24) is 41.7 Å². The minimum atomic E-state index is -1.27. The maximum Gasteiger partial charge on any atom is 0.289 e. The number of carbonyl (C=O) groups excluding carboxylic acids is 9. The Morgan fingerprint density at radius 2 is 1.38 bits per heavy atom. The number of nitrogens with one attached hydrogen (secondary N) is 6. The fraction of sp³-hybridized carbons (Fsp3) is 0.681. The molecule has 19 heteroatoms. The Kier molecular flexibility index (Phi) is 25.1. The molecule has 1 saturated heterocycles. The quantitative estimate of drug-likeness (QED) is 0.0479. The van der Waals surface area contributed by atoms with Gasteiger partial charge in [-0.05, 0) is 84.4 Å². The molecule has 1 heterocycles. The molecule has 0 bridgehead atoms. The van der Waals surface area contributed by atoms with Gasteiger partial charge in [0.25, 0.3) is 11.8 Å². The van der Waals surface area contributed by atoms with Gasteiger partial charge in [-0.1, -0.05) is 65.0 Å². The standard InChI is InChI=1S/C47H76N8O11/c1-11-14-17-18-19-34-20-22-35(23-21-34)43(60)53-37(28-65-24-15-12-2)44(61)50-30(5)41(58)49-27-38(56)54(10)39(33(8)66-25-16-13-3)45(62)51-31(6)42(59)52-36-26-29(4)55(47(36)64)32(7)40(57)46(63)48-9/h20-23,29-33,36-37,39H,11-19,24-28H2,1-10H3,(H,48,63)(H,49,58)(H,50,61)(H,51,62)(H,52,59)(H,53,60)/t29?,30-,31+,32?,33?,36+,37-,39+/m1/s1. The first kappa shape index (κ1) is 56.7. The SMILES string of the molecule is CCCCCCc1ccc(C(=O)N[C@H](COCCCC)C(=O)N[C@H](C)C(=O)NCC(=O)N(C)[C@H](C(=O)N[C@@H](C)C(=O)N[C@H]2CC(C)N(C(C)C(=O)C(=O)NC)C2=O)C(C)OCCCC)cc1. The molecule has 1 aromatic carbocycles. The van der Waals surface area contributed by atoms with E-state index in [0.717, 1.165) is 55.4 Å². The molecule has 1 aromatic rings. The molecule has 370 valence electrons. The molecule has 1 fully saturated rings. The van der Waals surface area contributed by atoms with Gasteiger partial charge in [-0.2, -0.15) is 0 Å². The van der Waals surface area contributed by atoms with Crippen LogP contribution in [0.25, 0.3) is 0 Å². The summed E-state index contributed by atoms with van der Waals surface area (Å²) in [6, 6.07) is -0.0576. The number of nitrogens with zero attached hydrogens (tertiary/aromatic N) is 2. The van der Waals surface area contributed by atoms with Crippen molar-refractivity contribution in [2.24, 2.45) is 0 Å². The summed E-state index contributed by atoms with van der Waals surface area (Å²) in [6.07, 6.45) is 7.80. The number of ketones is 1. The van der Waals surface area contributed by atoms with Crippen molar-refractivity contribution in [2.75, 3.05) is 40.5 Å². The van der Waals surface area contributed by atoms with E-state index in [9.17, 15) is 43.2 Å². The summed E-state index contributed by atoms with van der Waals surface area (Å²) in [4.78, 5) is 121. The van der Waals surface area contributed by atoms with Crippen molar-refractivity contribution >= 4 is 53.0 Å². The molecule has 1 aliphatic heterocycles. The Bertz CT molecular complexity index is 1790. The van der Waals surface area contributed by atoms with Gasteiger partial charge in [-0.3, -0.25) is 43.2 Å². The molecule has 0 aliphatic carbocycles. The van der Waals surface area contributed by atoms with Crippen LogP contribution in [0.15, 0.2) is 24.3 Å². The molecule has 2 rings (SSSR count). The number of unbranched alkanes of at least 4 members (excludes halogenated alkanes) is 5. The molecule has 19 nitrogen and oxygen atoms in total. The smallest absolute Gasteiger partial charge is 0.289 e. The number of hydrogen-bond acceptors (Lipinski definition) is 11. The number of Topliss-reactive ketones (excluding diaryl/α,β-unsaturated/α-hetero) is 1. The summed E-state index contributed by atoms with van der Waals surface area (Å²) in [5, 5.41) is 15.3. The molecule has 8 atom stereocenters. The molecule has 0 spiro atoms. The van der Waals surface area contributed by atoms with Gasteiger partial charge in [0, 0.05) is 38.9 Å². The van der Waals surface area contributed by atoms with Gasteiger partial charge in [-0.15, -0.1) is 0 Å². The van der Waals surface area contributed by atoms with E-state index in [1.807, 2.05) is 26.0 Å². The number of hydrogen-bond donors (Lipinski definition) is 6. The highest BCUT2D eigenvalue weighted by atomic mass is 16.5. The van der Waals surface area contributed by atoms with E-state index in [2.05, 4.69) is 38.8 Å². The van der Waals surface area contributed by atoms with Crippen LogP contribution in [-0.4, -0.2) is 152 Å². The molecular weight excluding hydrogens is 853 g/mol. The maximum absolute atomic E-state index is 13.8. The van der Waals surface area contributed by atoms with Gasteiger partial charge in [0.1, 0.15) is 30.2 Å². The van der Waals surface area contributed by atoms with Crippen LogP contribution in [0, 0.1) is 0 Å². The molecule has 0 aromatic heterocycles. The highest BCUT2D eigenvalue weighted by Crippen LogP contribution is 2.23. The van der Waals surface area contributed by atoms with Gasteiger partial charge in [-0.25, -0.2) is 0 Å². The van der Waals surface area contributed by atoms with Crippen LogP contribution in [0.4, 0.5) is 0 Å². The number of carbonyl (C=O) groups is 9. The second-order valence-corrected chi connectivity index (χ2v) is 17.0. The van der Waals surface area contributed by atoms with Crippen molar-refractivity contribution in [3.05, 3.63) is 35.4 Å². The molecule has 6 N–H and O–H groups in total. The molecule has 1 aliphatic rings. The first-order valence-corrected chi connectivity index (χ1v) is 23.4. The number of likely N-dealkylation sites (tertiary alicyclic amines) is 1. The zero-order valence-corrected chi connectivity index (χ0v) is 40.7. The topological polar surface area (TPSA) is 251 Å². The van der Waals surface area contributed by atoms with E-state index in [0.29, 0.717) is 18.6 Å². The normalized spacial score (nSPS) is 17.3. The number of likely N-dealkylation sites (N-methyl/N-ethyl adjacent to an activating group) is 2. The van der Waals surface area contributed by atoms with E-state index in [4.69, 9.17) is 9.47 Å². The van der Waals surface area contributed by atoms with Gasteiger partial charge in [0.15, 0.2) is 0 Å². The average molecular weight is 929 g/mol. The second-order valence-electron chi connectivity index (χ2n) is 17.0. The van der Waals surface area contributed by atoms with E-state index in [-0.39, 0.29) is 19.6 Å². The molecular formula is C47H76N8O11. The Balaban J connectivity index is 2.09. The largest absolute Gasteiger partial charge is 0.379 e. The number of rotatable bonds is 30. The highest BCUT2D eigenvalue weighted by Gasteiger charge is 2.44. The Hall–Kier alpha value is -5.43. The number of aryl methyl sites for hydroxylation is 1. The lowest BCUT2D eigenvalue weighted by Crippen LogP contribution is -2.59. The zero-order valence-electron chi connectivity index (χ0n) is 40.7. The third-order valence-electron chi connectivity index (χ3n) is 11.6. The van der Waals surface area contributed by atoms with E-state index in [1.165, 1.54) is 46.2 Å². The first-order chi connectivity index (χ1) is 31.3. The number of ether oxygens (including phenoxy) is 2. The predicted octanol–water partition coefficient (Wildman–Crippen LogP) is 1.69. The Morgan fingerprint density at radius 1 is 0.773 bits per heavy atom. The van der Waals surface area contributed by atoms with E-state index < -0.39 is 108 Å². The molecule has 0 saturated carbocycles. The Labute approximate surface area is 390 Å². The van der Waals surface area contributed by atoms with Crippen molar-refractivity contribution in [1.29, 1.82) is 0 Å². The molecule has 0 radical (unpaired) electrons. The van der Waals surface area contributed by atoms with Crippen molar-refractivity contribution in [3.8, 4) is 0 Å². The third kappa shape index (κ3) is 17.8. The molecule has 3 unspecified atom stereocenters. The lowest BCUT2D eigenvalue weighted by Gasteiger charge is -2.33. The van der Waals surface area contributed by atoms with Gasteiger partial charge in [0.2, 0.25) is 41.2 Å². The summed E-state index contributed by atoms with van der Waals surface area (Å²) in [5.74, 6) is -6.18. The lowest BCUT2D eigenvalue weighted by atomic mass is 10.0. The first-order valence-electron chi connectivity index (χ1n) is 23.4. The fourth-order valence-electron chi connectivity index (χ4n) is 7.38. The van der Waals surface area contributed by atoms with Crippen LogP contribution < -0.4 is 31.9 Å².